The summed E-state index contributed by atoms with van der Waals surface area (Å²) in [6, 6.07) is 14.6. The lowest BCUT2D eigenvalue weighted by Crippen LogP contribution is -2.16. The van der Waals surface area contributed by atoms with Crippen molar-refractivity contribution in [1.29, 1.82) is 0 Å². The first-order chi connectivity index (χ1) is 13.6. The Balaban J connectivity index is 1.70. The lowest BCUT2D eigenvalue weighted by molar-refractivity contribution is -0.124. The number of amides is 1. The van der Waals surface area contributed by atoms with Gasteiger partial charge in [0.25, 0.3) is 5.91 Å². The van der Waals surface area contributed by atoms with Gasteiger partial charge < -0.3 is 10.3 Å². The van der Waals surface area contributed by atoms with Gasteiger partial charge in [0.15, 0.2) is 0 Å². The molecule has 0 bridgehead atoms. The highest BCUT2D eigenvalue weighted by Crippen LogP contribution is 2.20. The van der Waals surface area contributed by atoms with Gasteiger partial charge in [-0.15, -0.1) is 0 Å². The summed E-state index contributed by atoms with van der Waals surface area (Å²) in [7, 11) is 0. The summed E-state index contributed by atoms with van der Waals surface area (Å²) in [5, 5.41) is 12.1. The predicted molar refractivity (Wildman–Crippen MR) is 112 cm³/mol. The van der Waals surface area contributed by atoms with Crippen LogP contribution in [0, 0.1) is 0 Å². The van der Waals surface area contributed by atoms with E-state index < -0.39 is 5.91 Å². The zero-order chi connectivity index (χ0) is 19.9. The Labute approximate surface area is 164 Å². The molecule has 0 saturated heterocycles. The molecule has 6 nitrogen and oxygen atoms in total. The fourth-order valence-electron chi connectivity index (χ4n) is 3.11. The highest BCUT2D eigenvalue weighted by molar-refractivity contribution is 5.90. The van der Waals surface area contributed by atoms with Crippen LogP contribution in [0.15, 0.2) is 48.5 Å². The molecule has 3 rings (SSSR count). The Morgan fingerprint density at radius 1 is 1.18 bits per heavy atom. The van der Waals surface area contributed by atoms with Crippen LogP contribution >= 0.6 is 0 Å². The second kappa shape index (κ2) is 9.19. The summed E-state index contributed by atoms with van der Waals surface area (Å²) < 4.78 is 0. The van der Waals surface area contributed by atoms with Crippen molar-refractivity contribution in [3.05, 3.63) is 65.5 Å². The number of anilines is 1. The molecule has 0 fully saturated rings. The number of nitrogens with zero attached hydrogens (tertiary/aromatic N) is 1. The SMILES string of the molecule is CCC(CC)Nc1ccc2nc(Cc3ccc(/C=C/C(=O)NO)cc3)[nH]c2c1. The molecule has 0 radical (unpaired) electrons. The molecule has 0 spiro atoms. The van der Waals surface area contributed by atoms with Crippen molar-refractivity contribution in [2.24, 2.45) is 0 Å². The van der Waals surface area contributed by atoms with Crippen LogP contribution in [0.3, 0.4) is 0 Å². The molecule has 3 aromatic rings. The van der Waals surface area contributed by atoms with Crippen LogP contribution in [0.4, 0.5) is 5.69 Å². The van der Waals surface area contributed by atoms with E-state index in [-0.39, 0.29) is 0 Å². The maximum atomic E-state index is 11.0. The number of carbonyl (C=O) groups excluding carboxylic acids is 1. The number of hydrogen-bond donors (Lipinski definition) is 4. The number of rotatable bonds is 8. The molecule has 0 aliphatic rings. The van der Waals surface area contributed by atoms with Crippen molar-refractivity contribution >= 4 is 28.7 Å². The Kier molecular flexibility index (Phi) is 6.45. The molecule has 146 valence electrons. The molecule has 1 heterocycles. The number of carbonyl (C=O) groups is 1. The zero-order valence-corrected chi connectivity index (χ0v) is 16.2. The third-order valence-electron chi connectivity index (χ3n) is 4.78. The molecule has 4 N–H and O–H groups in total. The number of hydrogen-bond acceptors (Lipinski definition) is 4. The van der Waals surface area contributed by atoms with Crippen LogP contribution in [0.2, 0.25) is 0 Å². The third kappa shape index (κ3) is 4.98. The van der Waals surface area contributed by atoms with Gasteiger partial charge >= 0.3 is 0 Å². The van der Waals surface area contributed by atoms with Gasteiger partial charge in [0, 0.05) is 24.2 Å². The minimum Gasteiger partial charge on any atom is -0.382 e. The normalized spacial score (nSPS) is 11.4. The maximum absolute atomic E-state index is 11.0. The quantitative estimate of drug-likeness (QED) is 0.268. The van der Waals surface area contributed by atoms with E-state index in [1.165, 1.54) is 6.08 Å². The van der Waals surface area contributed by atoms with Gasteiger partial charge in [-0.3, -0.25) is 10.0 Å². The molecular formula is C22H26N4O2. The van der Waals surface area contributed by atoms with Crippen LogP contribution in [0.25, 0.3) is 17.1 Å². The topological polar surface area (TPSA) is 90.0 Å². The lowest BCUT2D eigenvalue weighted by Gasteiger charge is -2.15. The van der Waals surface area contributed by atoms with Crippen molar-refractivity contribution in [2.45, 2.75) is 39.2 Å². The van der Waals surface area contributed by atoms with Crippen LogP contribution < -0.4 is 10.8 Å². The summed E-state index contributed by atoms with van der Waals surface area (Å²) >= 11 is 0. The molecular weight excluding hydrogens is 352 g/mol. The largest absolute Gasteiger partial charge is 0.382 e. The van der Waals surface area contributed by atoms with Crippen LogP contribution in [-0.2, 0) is 11.2 Å². The number of aromatic nitrogens is 2. The highest BCUT2D eigenvalue weighted by atomic mass is 16.5. The molecule has 1 amide bonds. The standard InChI is InChI=1S/C22H26N4O2/c1-3-17(4-2)23-18-10-11-19-20(14-18)25-21(24-19)13-16-7-5-15(6-8-16)9-12-22(27)26-28/h5-12,14,17,23,28H,3-4,13H2,1-2H3,(H,24,25)(H,26,27)/b12-9+. The van der Waals surface area contributed by atoms with E-state index in [9.17, 15) is 4.79 Å². The second-order valence-corrected chi connectivity index (χ2v) is 6.80. The molecule has 0 saturated carbocycles. The molecule has 0 unspecified atom stereocenters. The summed E-state index contributed by atoms with van der Waals surface area (Å²) in [5.41, 5.74) is 6.67. The van der Waals surface area contributed by atoms with E-state index >= 15 is 0 Å². The monoisotopic (exact) mass is 378 g/mol. The van der Waals surface area contributed by atoms with Crippen LogP contribution in [0.1, 0.15) is 43.6 Å². The summed E-state index contributed by atoms with van der Waals surface area (Å²) in [4.78, 5) is 19.1. The molecule has 1 aromatic heterocycles. The number of benzene rings is 2. The Hall–Kier alpha value is -3.12. The van der Waals surface area contributed by atoms with Crippen molar-refractivity contribution in [3.63, 3.8) is 0 Å². The Morgan fingerprint density at radius 3 is 2.61 bits per heavy atom. The first-order valence-electron chi connectivity index (χ1n) is 9.57. The number of imidazole rings is 1. The van der Waals surface area contributed by atoms with Gasteiger partial charge in [0.1, 0.15) is 5.82 Å². The lowest BCUT2D eigenvalue weighted by atomic mass is 10.1. The molecule has 2 aromatic carbocycles. The number of nitrogens with one attached hydrogen (secondary N) is 3. The van der Waals surface area contributed by atoms with Gasteiger partial charge in [-0.05, 0) is 48.2 Å². The van der Waals surface area contributed by atoms with Crippen molar-refractivity contribution in [1.82, 2.24) is 15.4 Å². The number of H-pyrrole nitrogens is 1. The fourth-order valence-corrected chi connectivity index (χ4v) is 3.11. The van der Waals surface area contributed by atoms with E-state index in [4.69, 9.17) is 5.21 Å². The van der Waals surface area contributed by atoms with Crippen molar-refractivity contribution in [3.8, 4) is 0 Å². The summed E-state index contributed by atoms with van der Waals surface area (Å²) in [5.74, 6) is 0.363. The Morgan fingerprint density at radius 2 is 1.93 bits per heavy atom. The maximum Gasteiger partial charge on any atom is 0.267 e. The minimum absolute atomic E-state index is 0.482. The second-order valence-electron chi connectivity index (χ2n) is 6.80. The van der Waals surface area contributed by atoms with E-state index in [0.717, 1.165) is 46.5 Å². The van der Waals surface area contributed by atoms with Gasteiger partial charge in [0.2, 0.25) is 0 Å². The van der Waals surface area contributed by atoms with Crippen molar-refractivity contribution < 1.29 is 10.0 Å². The average molecular weight is 378 g/mol. The smallest absolute Gasteiger partial charge is 0.267 e. The number of aromatic amines is 1. The third-order valence-corrected chi connectivity index (χ3v) is 4.78. The van der Waals surface area contributed by atoms with Crippen LogP contribution in [0.5, 0.6) is 0 Å². The van der Waals surface area contributed by atoms with Gasteiger partial charge in [-0.2, -0.15) is 0 Å². The summed E-state index contributed by atoms with van der Waals surface area (Å²) in [6.07, 6.45) is 5.81. The fraction of sp³-hybridized carbons (Fsp3) is 0.273. The first-order valence-corrected chi connectivity index (χ1v) is 9.57. The van der Waals surface area contributed by atoms with Crippen LogP contribution in [-0.4, -0.2) is 27.1 Å². The van der Waals surface area contributed by atoms with E-state index in [0.29, 0.717) is 12.5 Å². The minimum atomic E-state index is -0.551. The van der Waals surface area contributed by atoms with Gasteiger partial charge in [0.05, 0.1) is 11.0 Å². The predicted octanol–water partition coefficient (Wildman–Crippen LogP) is 4.27. The van der Waals surface area contributed by atoms with Crippen molar-refractivity contribution in [2.75, 3.05) is 5.32 Å². The van der Waals surface area contributed by atoms with E-state index in [1.54, 1.807) is 11.6 Å². The molecule has 0 aliphatic heterocycles. The molecule has 6 heteroatoms. The number of fused-ring (bicyclic) bond motifs is 1. The van der Waals surface area contributed by atoms with E-state index in [1.807, 2.05) is 30.3 Å². The Bertz CT molecular complexity index is 956. The average Bonchev–Trinajstić information content (AvgIpc) is 3.12. The van der Waals surface area contributed by atoms with E-state index in [2.05, 4.69) is 41.3 Å². The van der Waals surface area contributed by atoms with Gasteiger partial charge in [-0.1, -0.05) is 38.1 Å². The molecule has 0 aliphatic carbocycles. The number of hydroxylamine groups is 1. The van der Waals surface area contributed by atoms with Gasteiger partial charge in [-0.25, -0.2) is 10.5 Å². The highest BCUT2D eigenvalue weighted by Gasteiger charge is 2.07. The molecule has 0 atom stereocenters. The summed E-state index contributed by atoms with van der Waals surface area (Å²) in [6.45, 7) is 4.38. The first kappa shape index (κ1) is 19.6. The zero-order valence-electron chi connectivity index (χ0n) is 16.2. The molecule has 28 heavy (non-hydrogen) atoms.